The molecule has 116 valence electrons. The number of amides is 2. The van der Waals surface area contributed by atoms with E-state index in [1.165, 1.54) is 13.2 Å². The molecule has 1 fully saturated rings. The zero-order chi connectivity index (χ0) is 15.5. The predicted octanol–water partition coefficient (Wildman–Crippen LogP) is 1.97. The van der Waals surface area contributed by atoms with Crippen molar-refractivity contribution in [1.29, 1.82) is 0 Å². The van der Waals surface area contributed by atoms with Crippen molar-refractivity contribution in [3.05, 3.63) is 29.6 Å². The first-order chi connectivity index (χ1) is 10.0. The lowest BCUT2D eigenvalue weighted by molar-refractivity contribution is 0.202. The van der Waals surface area contributed by atoms with Gasteiger partial charge in [0.15, 0.2) is 0 Å². The van der Waals surface area contributed by atoms with Crippen LogP contribution in [0, 0.1) is 11.2 Å². The average molecular weight is 296 g/mol. The normalized spacial score (nSPS) is 17.0. The molecule has 0 saturated heterocycles. The Labute approximate surface area is 123 Å². The third-order valence-electron chi connectivity index (χ3n) is 3.93. The Kier molecular flexibility index (Phi) is 4.67. The Morgan fingerprint density at radius 2 is 2.24 bits per heavy atom. The third kappa shape index (κ3) is 3.64. The van der Waals surface area contributed by atoms with Gasteiger partial charge in [-0.2, -0.15) is 0 Å². The maximum absolute atomic E-state index is 13.9. The lowest BCUT2D eigenvalue weighted by Gasteiger charge is -2.19. The molecular weight excluding hydrogens is 275 g/mol. The van der Waals surface area contributed by atoms with E-state index in [4.69, 9.17) is 4.74 Å². The van der Waals surface area contributed by atoms with Gasteiger partial charge in [-0.3, -0.25) is 0 Å². The van der Waals surface area contributed by atoms with E-state index in [9.17, 15) is 14.3 Å². The number of aliphatic hydroxyl groups is 1. The lowest BCUT2D eigenvalue weighted by atomic mass is 10.1. The number of benzene rings is 1. The molecule has 1 atom stereocenters. The molecule has 0 radical (unpaired) electrons. The summed E-state index contributed by atoms with van der Waals surface area (Å²) in [5, 5.41) is 14.6. The molecule has 21 heavy (non-hydrogen) atoms. The number of methoxy groups -OCH3 is 1. The van der Waals surface area contributed by atoms with Crippen LogP contribution in [0.25, 0.3) is 0 Å². The second kappa shape index (κ2) is 6.30. The number of carbonyl (C=O) groups is 1. The number of carbonyl (C=O) groups excluding carboxylic acids is 1. The van der Waals surface area contributed by atoms with E-state index < -0.39 is 11.9 Å². The molecule has 0 heterocycles. The summed E-state index contributed by atoms with van der Waals surface area (Å²) in [5.74, 6) is -0.0204. The number of ether oxygens (including phenoxy) is 1. The van der Waals surface area contributed by atoms with Gasteiger partial charge >= 0.3 is 6.03 Å². The van der Waals surface area contributed by atoms with Gasteiger partial charge in [-0.1, -0.05) is 6.07 Å². The number of nitrogens with one attached hydrogen (secondary N) is 2. The van der Waals surface area contributed by atoms with E-state index in [0.717, 1.165) is 12.8 Å². The Morgan fingerprint density at radius 1 is 1.52 bits per heavy atom. The molecule has 1 aliphatic carbocycles. The average Bonchev–Trinajstić information content (AvgIpc) is 3.25. The predicted molar refractivity (Wildman–Crippen MR) is 76.7 cm³/mol. The quantitative estimate of drug-likeness (QED) is 0.751. The van der Waals surface area contributed by atoms with Crippen LogP contribution in [0.3, 0.4) is 0 Å². The van der Waals surface area contributed by atoms with Crippen LogP contribution in [-0.2, 0) is 0 Å². The summed E-state index contributed by atoms with van der Waals surface area (Å²) in [6, 6.07) is 3.64. The topological polar surface area (TPSA) is 70.6 Å². The van der Waals surface area contributed by atoms with Crippen molar-refractivity contribution >= 4 is 6.03 Å². The fourth-order valence-electron chi connectivity index (χ4n) is 2.27. The van der Waals surface area contributed by atoms with E-state index in [0.29, 0.717) is 17.9 Å². The first-order valence-electron chi connectivity index (χ1n) is 6.99. The van der Waals surface area contributed by atoms with Crippen LogP contribution < -0.4 is 15.4 Å². The Bertz CT molecular complexity index is 518. The van der Waals surface area contributed by atoms with Gasteiger partial charge in [0.1, 0.15) is 11.6 Å². The van der Waals surface area contributed by atoms with Gasteiger partial charge in [0, 0.05) is 12.0 Å². The molecule has 0 aliphatic heterocycles. The maximum Gasteiger partial charge on any atom is 0.315 e. The van der Waals surface area contributed by atoms with Crippen molar-refractivity contribution in [2.75, 3.05) is 20.3 Å². The highest BCUT2D eigenvalue weighted by molar-refractivity contribution is 5.74. The highest BCUT2D eigenvalue weighted by Crippen LogP contribution is 2.44. The number of urea groups is 1. The third-order valence-corrected chi connectivity index (χ3v) is 3.93. The van der Waals surface area contributed by atoms with Crippen molar-refractivity contribution in [1.82, 2.24) is 10.6 Å². The summed E-state index contributed by atoms with van der Waals surface area (Å²) >= 11 is 0. The van der Waals surface area contributed by atoms with E-state index in [1.54, 1.807) is 19.1 Å². The van der Waals surface area contributed by atoms with E-state index in [-0.39, 0.29) is 18.1 Å². The highest BCUT2D eigenvalue weighted by atomic mass is 19.1. The Morgan fingerprint density at radius 3 is 2.81 bits per heavy atom. The molecule has 6 heteroatoms. The first kappa shape index (κ1) is 15.6. The second-order valence-corrected chi connectivity index (χ2v) is 5.56. The SMILES string of the molecule is COc1cccc(F)c1C(C)NC(=O)NCC1(CO)CC1. The van der Waals surface area contributed by atoms with Crippen molar-refractivity contribution in [2.45, 2.75) is 25.8 Å². The highest BCUT2D eigenvalue weighted by Gasteiger charge is 2.42. The van der Waals surface area contributed by atoms with Gasteiger partial charge < -0.3 is 20.5 Å². The molecule has 1 saturated carbocycles. The largest absolute Gasteiger partial charge is 0.496 e. The smallest absolute Gasteiger partial charge is 0.315 e. The van der Waals surface area contributed by atoms with E-state index in [2.05, 4.69) is 10.6 Å². The summed E-state index contributed by atoms with van der Waals surface area (Å²) in [4.78, 5) is 11.9. The molecular formula is C15H21FN2O3. The molecule has 1 unspecified atom stereocenters. The summed E-state index contributed by atoms with van der Waals surface area (Å²) in [6.07, 6.45) is 1.83. The minimum atomic E-state index is -0.523. The fraction of sp³-hybridized carbons (Fsp3) is 0.533. The fourth-order valence-corrected chi connectivity index (χ4v) is 2.27. The van der Waals surface area contributed by atoms with Gasteiger partial charge in [0.2, 0.25) is 0 Å². The summed E-state index contributed by atoms with van der Waals surface area (Å²) in [5.41, 5.74) is 0.162. The Hall–Kier alpha value is -1.82. The molecule has 0 spiro atoms. The summed E-state index contributed by atoms with van der Waals surface area (Å²) in [7, 11) is 1.46. The number of halogens is 1. The number of rotatable bonds is 6. The van der Waals surface area contributed by atoms with Crippen LogP contribution in [0.5, 0.6) is 5.75 Å². The van der Waals surface area contributed by atoms with Crippen molar-refractivity contribution < 1.29 is 19.0 Å². The first-order valence-corrected chi connectivity index (χ1v) is 6.99. The molecule has 1 aliphatic rings. The van der Waals surface area contributed by atoms with Crippen LogP contribution in [0.15, 0.2) is 18.2 Å². The zero-order valence-electron chi connectivity index (χ0n) is 12.3. The minimum Gasteiger partial charge on any atom is -0.496 e. The number of hydrogen-bond donors (Lipinski definition) is 3. The van der Waals surface area contributed by atoms with Crippen LogP contribution in [0.2, 0.25) is 0 Å². The summed E-state index contributed by atoms with van der Waals surface area (Å²) in [6.45, 7) is 2.19. The monoisotopic (exact) mass is 296 g/mol. The molecule has 1 aromatic carbocycles. The summed E-state index contributed by atoms with van der Waals surface area (Å²) < 4.78 is 19.0. The minimum absolute atomic E-state index is 0.0734. The van der Waals surface area contributed by atoms with Crippen molar-refractivity contribution in [3.63, 3.8) is 0 Å². The van der Waals surface area contributed by atoms with Crippen LogP contribution in [-0.4, -0.2) is 31.4 Å². The molecule has 2 amide bonds. The van der Waals surface area contributed by atoms with E-state index in [1.807, 2.05) is 0 Å². The van der Waals surface area contributed by atoms with Gasteiger partial charge in [-0.05, 0) is 31.9 Å². The Balaban J connectivity index is 1.94. The van der Waals surface area contributed by atoms with E-state index >= 15 is 0 Å². The maximum atomic E-state index is 13.9. The van der Waals surface area contributed by atoms with Crippen molar-refractivity contribution in [3.8, 4) is 5.75 Å². The van der Waals surface area contributed by atoms with Gasteiger partial charge in [0.25, 0.3) is 0 Å². The molecule has 3 N–H and O–H groups in total. The van der Waals surface area contributed by atoms with Crippen LogP contribution in [0.4, 0.5) is 9.18 Å². The van der Waals surface area contributed by atoms with Gasteiger partial charge in [0.05, 0.1) is 25.3 Å². The van der Waals surface area contributed by atoms with Crippen LogP contribution >= 0.6 is 0 Å². The number of hydrogen-bond acceptors (Lipinski definition) is 3. The molecule has 0 bridgehead atoms. The molecule has 1 aromatic rings. The van der Waals surface area contributed by atoms with Crippen LogP contribution in [0.1, 0.15) is 31.4 Å². The standard InChI is InChI=1S/C15H21FN2O3/c1-10(13-11(16)4-3-5-12(13)21-2)18-14(20)17-8-15(9-19)6-7-15/h3-5,10,19H,6-9H2,1-2H3,(H2,17,18,20). The van der Waals surface area contributed by atoms with Crippen molar-refractivity contribution in [2.24, 2.45) is 5.41 Å². The van der Waals surface area contributed by atoms with Gasteiger partial charge in [-0.25, -0.2) is 9.18 Å². The lowest BCUT2D eigenvalue weighted by Crippen LogP contribution is -2.40. The molecule has 5 nitrogen and oxygen atoms in total. The number of aliphatic hydroxyl groups excluding tert-OH is 1. The molecule has 0 aromatic heterocycles. The second-order valence-electron chi connectivity index (χ2n) is 5.56. The molecule has 2 rings (SSSR count). The van der Waals surface area contributed by atoms with Gasteiger partial charge in [-0.15, -0.1) is 0 Å². The zero-order valence-corrected chi connectivity index (χ0v) is 12.3.